The highest BCUT2D eigenvalue weighted by Crippen LogP contribution is 2.31. The fraction of sp³-hybridized carbons (Fsp3) is 0.278. The van der Waals surface area contributed by atoms with E-state index in [2.05, 4.69) is 25.1 Å². The van der Waals surface area contributed by atoms with Gasteiger partial charge in [0, 0.05) is 49.1 Å². The summed E-state index contributed by atoms with van der Waals surface area (Å²) in [6.45, 7) is 2.22. The number of nitrogens with one attached hydrogen (secondary N) is 2. The lowest BCUT2D eigenvalue weighted by atomic mass is 10.0. The number of benzene rings is 1. The third-order valence-corrected chi connectivity index (χ3v) is 4.88. The summed E-state index contributed by atoms with van der Waals surface area (Å²) >= 11 is 5.06. The number of rotatable bonds is 3. The summed E-state index contributed by atoms with van der Waals surface area (Å²) < 4.78 is 38.8. The van der Waals surface area contributed by atoms with Crippen LogP contribution in [0.3, 0.4) is 0 Å². The second kappa shape index (κ2) is 6.90. The molecule has 0 radical (unpaired) electrons. The summed E-state index contributed by atoms with van der Waals surface area (Å²) in [5.41, 5.74) is 3.91. The lowest BCUT2D eigenvalue weighted by Gasteiger charge is -2.28. The van der Waals surface area contributed by atoms with Crippen LogP contribution >= 0.6 is 12.2 Å². The van der Waals surface area contributed by atoms with Gasteiger partial charge in [0.2, 0.25) is 0 Å². The first-order valence-corrected chi connectivity index (χ1v) is 8.80. The number of hydrogen-bond acceptors (Lipinski definition) is 4. The van der Waals surface area contributed by atoms with Crippen LogP contribution in [-0.4, -0.2) is 31.6 Å². The van der Waals surface area contributed by atoms with Crippen LogP contribution in [0.5, 0.6) is 0 Å². The summed E-state index contributed by atoms with van der Waals surface area (Å²) in [5, 5.41) is 6.99. The fourth-order valence-corrected chi connectivity index (χ4v) is 3.46. The molecule has 0 bridgehead atoms. The Morgan fingerprint density at radius 1 is 1.15 bits per heavy atom. The van der Waals surface area contributed by atoms with Gasteiger partial charge in [-0.1, -0.05) is 12.1 Å². The first kappa shape index (κ1) is 17.9. The summed E-state index contributed by atoms with van der Waals surface area (Å²) in [4.78, 5) is 9.52. The predicted molar refractivity (Wildman–Crippen MR) is 96.3 cm³/mol. The standard InChI is InChI=1S/C18H16F3N5S/c19-18(20,21)14-3-1-11(2-4-14)16-13(8-23-25-16)10-26-6-5-15-12(9-26)7-22-17(27)24-15/h1-4,7-8H,5-6,9-10H2,(H,23,25)(H,22,24,27). The Morgan fingerprint density at radius 2 is 1.93 bits per heavy atom. The smallest absolute Gasteiger partial charge is 0.334 e. The van der Waals surface area contributed by atoms with Crippen molar-refractivity contribution < 1.29 is 13.2 Å². The Balaban J connectivity index is 1.53. The van der Waals surface area contributed by atoms with Gasteiger partial charge in [-0.25, -0.2) is 4.98 Å². The Hall–Kier alpha value is -2.52. The van der Waals surface area contributed by atoms with Gasteiger partial charge in [-0.2, -0.15) is 18.3 Å². The molecule has 0 unspecified atom stereocenters. The molecule has 140 valence electrons. The van der Waals surface area contributed by atoms with Gasteiger partial charge in [-0.15, -0.1) is 0 Å². The number of aromatic amines is 2. The molecule has 3 aromatic rings. The van der Waals surface area contributed by atoms with Gasteiger partial charge in [-0.3, -0.25) is 10.00 Å². The maximum Gasteiger partial charge on any atom is 0.416 e. The van der Waals surface area contributed by atoms with E-state index in [4.69, 9.17) is 12.2 Å². The highest BCUT2D eigenvalue weighted by atomic mass is 32.1. The zero-order valence-electron chi connectivity index (χ0n) is 14.2. The summed E-state index contributed by atoms with van der Waals surface area (Å²) in [7, 11) is 0. The van der Waals surface area contributed by atoms with E-state index in [0.717, 1.165) is 54.2 Å². The molecule has 1 aliphatic heterocycles. The summed E-state index contributed by atoms with van der Waals surface area (Å²) in [6, 6.07) is 5.11. The van der Waals surface area contributed by atoms with E-state index in [9.17, 15) is 13.2 Å². The molecule has 0 fully saturated rings. The van der Waals surface area contributed by atoms with E-state index in [1.165, 1.54) is 12.1 Å². The molecular weight excluding hydrogens is 375 g/mol. The molecule has 0 amide bonds. The largest absolute Gasteiger partial charge is 0.416 e. The fourth-order valence-electron chi connectivity index (χ4n) is 3.29. The molecule has 0 saturated carbocycles. The van der Waals surface area contributed by atoms with Crippen molar-refractivity contribution in [3.8, 4) is 11.3 Å². The monoisotopic (exact) mass is 391 g/mol. The highest BCUT2D eigenvalue weighted by molar-refractivity contribution is 7.71. The SMILES string of the molecule is FC(F)(F)c1ccc(-c2[nH]ncc2CN2CCc3[nH]c(=S)ncc3C2)cc1. The molecule has 0 saturated heterocycles. The molecule has 4 rings (SSSR count). The minimum Gasteiger partial charge on any atom is -0.334 e. The quantitative estimate of drug-likeness (QED) is 0.660. The van der Waals surface area contributed by atoms with Gasteiger partial charge in [0.1, 0.15) is 0 Å². The van der Waals surface area contributed by atoms with Crippen molar-refractivity contribution >= 4 is 12.2 Å². The molecule has 2 N–H and O–H groups in total. The molecule has 27 heavy (non-hydrogen) atoms. The molecule has 1 aliphatic rings. The van der Waals surface area contributed by atoms with E-state index in [-0.39, 0.29) is 0 Å². The Bertz CT molecular complexity index is 1010. The molecule has 0 spiro atoms. The maximum atomic E-state index is 12.8. The molecule has 0 aliphatic carbocycles. The van der Waals surface area contributed by atoms with Crippen LogP contribution in [0.15, 0.2) is 36.7 Å². The van der Waals surface area contributed by atoms with Gasteiger partial charge in [-0.05, 0) is 29.9 Å². The lowest BCUT2D eigenvalue weighted by molar-refractivity contribution is -0.137. The zero-order valence-corrected chi connectivity index (χ0v) is 15.0. The van der Waals surface area contributed by atoms with Crippen LogP contribution in [0.1, 0.15) is 22.4 Å². The molecular formula is C18H16F3N5S. The van der Waals surface area contributed by atoms with Gasteiger partial charge < -0.3 is 4.98 Å². The molecule has 2 aromatic heterocycles. The normalized spacial score (nSPS) is 14.9. The van der Waals surface area contributed by atoms with Gasteiger partial charge >= 0.3 is 6.18 Å². The number of fused-ring (bicyclic) bond motifs is 1. The van der Waals surface area contributed by atoms with Crippen LogP contribution in [0.4, 0.5) is 13.2 Å². The van der Waals surface area contributed by atoms with Gasteiger partial charge in [0.15, 0.2) is 4.77 Å². The minimum atomic E-state index is -4.34. The third kappa shape index (κ3) is 3.79. The van der Waals surface area contributed by atoms with E-state index in [1.807, 2.05) is 0 Å². The van der Waals surface area contributed by atoms with Crippen molar-refractivity contribution in [2.24, 2.45) is 0 Å². The van der Waals surface area contributed by atoms with Crippen LogP contribution in [0.2, 0.25) is 0 Å². The number of aromatic nitrogens is 4. The average molecular weight is 391 g/mol. The van der Waals surface area contributed by atoms with Crippen LogP contribution < -0.4 is 0 Å². The van der Waals surface area contributed by atoms with E-state index < -0.39 is 11.7 Å². The van der Waals surface area contributed by atoms with Crippen LogP contribution in [0, 0.1) is 4.77 Å². The maximum absolute atomic E-state index is 12.8. The van der Waals surface area contributed by atoms with Crippen LogP contribution in [-0.2, 0) is 25.7 Å². The van der Waals surface area contributed by atoms with Crippen molar-refractivity contribution in [3.05, 3.63) is 63.8 Å². The number of halogens is 3. The van der Waals surface area contributed by atoms with Crippen molar-refractivity contribution in [2.45, 2.75) is 25.7 Å². The Kier molecular flexibility index (Phi) is 4.56. The minimum absolute atomic E-state index is 0.488. The first-order valence-electron chi connectivity index (χ1n) is 8.39. The number of hydrogen-bond donors (Lipinski definition) is 2. The molecule has 0 atom stereocenters. The summed E-state index contributed by atoms with van der Waals surface area (Å²) in [5.74, 6) is 0. The van der Waals surface area contributed by atoms with Crippen molar-refractivity contribution in [3.63, 3.8) is 0 Å². The van der Waals surface area contributed by atoms with Gasteiger partial charge in [0.05, 0.1) is 17.5 Å². The number of H-pyrrole nitrogens is 2. The Labute approximate surface area is 158 Å². The van der Waals surface area contributed by atoms with E-state index >= 15 is 0 Å². The lowest BCUT2D eigenvalue weighted by Crippen LogP contribution is -2.30. The summed E-state index contributed by atoms with van der Waals surface area (Å²) in [6.07, 6.45) is 0.0210. The number of nitrogens with zero attached hydrogens (tertiary/aromatic N) is 3. The van der Waals surface area contributed by atoms with Crippen LogP contribution in [0.25, 0.3) is 11.3 Å². The molecule has 9 heteroatoms. The van der Waals surface area contributed by atoms with Crippen molar-refractivity contribution in [1.82, 2.24) is 25.1 Å². The topological polar surface area (TPSA) is 60.6 Å². The predicted octanol–water partition coefficient (Wildman–Crippen LogP) is 4.11. The second-order valence-electron chi connectivity index (χ2n) is 6.50. The van der Waals surface area contributed by atoms with Crippen molar-refractivity contribution in [1.29, 1.82) is 0 Å². The van der Waals surface area contributed by atoms with Gasteiger partial charge in [0.25, 0.3) is 0 Å². The Morgan fingerprint density at radius 3 is 2.67 bits per heavy atom. The van der Waals surface area contributed by atoms with Crippen molar-refractivity contribution in [2.75, 3.05) is 6.54 Å². The highest BCUT2D eigenvalue weighted by Gasteiger charge is 2.30. The zero-order chi connectivity index (χ0) is 19.0. The third-order valence-electron chi connectivity index (χ3n) is 4.67. The molecule has 5 nitrogen and oxygen atoms in total. The molecule has 1 aromatic carbocycles. The molecule has 3 heterocycles. The van der Waals surface area contributed by atoms with E-state index in [0.29, 0.717) is 16.9 Å². The second-order valence-corrected chi connectivity index (χ2v) is 6.88. The first-order chi connectivity index (χ1) is 12.9. The van der Waals surface area contributed by atoms with E-state index in [1.54, 1.807) is 12.4 Å². The average Bonchev–Trinajstić information content (AvgIpc) is 3.09. The number of alkyl halides is 3.